The lowest BCUT2D eigenvalue weighted by molar-refractivity contribution is 0.0294. The quantitative estimate of drug-likeness (QED) is 0.415. The van der Waals surface area contributed by atoms with Gasteiger partial charge in [0.15, 0.2) is 5.69 Å². The first-order valence-electron chi connectivity index (χ1n) is 13.9. The molecule has 2 fully saturated rings. The normalized spacial score (nSPS) is 18.1. The molecule has 1 atom stereocenters. The number of aliphatic hydroxyl groups excluding tert-OH is 1. The highest BCUT2D eigenvalue weighted by molar-refractivity contribution is 5.93. The van der Waals surface area contributed by atoms with Gasteiger partial charge in [0.1, 0.15) is 11.9 Å². The molecule has 0 radical (unpaired) electrons. The van der Waals surface area contributed by atoms with Crippen LogP contribution in [0.15, 0.2) is 48.5 Å². The van der Waals surface area contributed by atoms with Gasteiger partial charge >= 0.3 is 0 Å². The highest BCUT2D eigenvalue weighted by Crippen LogP contribution is 2.29. The number of rotatable bonds is 8. The number of anilines is 1. The summed E-state index contributed by atoms with van der Waals surface area (Å²) in [6, 6.07) is 15.8. The van der Waals surface area contributed by atoms with E-state index < -0.39 is 5.82 Å². The Morgan fingerprint density at radius 3 is 2.52 bits per heavy atom. The number of likely N-dealkylation sites (tertiary alicyclic amines) is 1. The maximum absolute atomic E-state index is 14.6. The zero-order chi connectivity index (χ0) is 28.1. The Morgan fingerprint density at radius 1 is 1.10 bits per heavy atom. The lowest BCUT2D eigenvalue weighted by atomic mass is 10.1. The van der Waals surface area contributed by atoms with Gasteiger partial charge in [-0.1, -0.05) is 6.07 Å². The van der Waals surface area contributed by atoms with Crippen molar-refractivity contribution < 1.29 is 19.0 Å². The highest BCUT2D eigenvalue weighted by atomic mass is 19.1. The van der Waals surface area contributed by atoms with Crippen LogP contribution in [0.1, 0.15) is 48.2 Å². The predicted molar refractivity (Wildman–Crippen MR) is 150 cm³/mol. The van der Waals surface area contributed by atoms with Gasteiger partial charge in [-0.05, 0) is 74.6 Å². The minimum atomic E-state index is -0.623. The summed E-state index contributed by atoms with van der Waals surface area (Å²) >= 11 is 0. The predicted octanol–water partition coefficient (Wildman–Crippen LogP) is 3.48. The Hall–Kier alpha value is -3.78. The van der Waals surface area contributed by atoms with Gasteiger partial charge in [-0.2, -0.15) is 10.4 Å². The highest BCUT2D eigenvalue weighted by Gasteiger charge is 2.26. The topological polar surface area (TPSA) is 121 Å². The number of hydrogen-bond acceptors (Lipinski definition) is 7. The number of carbonyl (C=O) groups excluding carboxylic acids is 1. The van der Waals surface area contributed by atoms with Crippen molar-refractivity contribution in [2.24, 2.45) is 5.73 Å². The van der Waals surface area contributed by atoms with E-state index >= 15 is 0 Å². The molecule has 210 valence electrons. The average Bonchev–Trinajstić information content (AvgIpc) is 3.43. The van der Waals surface area contributed by atoms with E-state index in [2.05, 4.69) is 10.00 Å². The van der Waals surface area contributed by atoms with Crippen molar-refractivity contribution in [2.45, 2.75) is 44.2 Å². The van der Waals surface area contributed by atoms with Crippen molar-refractivity contribution in [3.05, 3.63) is 65.6 Å². The fourth-order valence-electron chi connectivity index (χ4n) is 5.41. The Kier molecular flexibility index (Phi) is 8.75. The first kappa shape index (κ1) is 27.8. The molecule has 0 saturated carbocycles. The number of piperidine rings is 2. The van der Waals surface area contributed by atoms with Gasteiger partial charge in [-0.3, -0.25) is 4.79 Å². The minimum absolute atomic E-state index is 0.0414. The Labute approximate surface area is 233 Å². The summed E-state index contributed by atoms with van der Waals surface area (Å²) in [5.41, 5.74) is 9.22. The van der Waals surface area contributed by atoms with Crippen LogP contribution in [0.3, 0.4) is 0 Å². The van der Waals surface area contributed by atoms with E-state index in [-0.39, 0.29) is 35.9 Å². The van der Waals surface area contributed by atoms with E-state index in [4.69, 9.17) is 20.8 Å². The second kappa shape index (κ2) is 12.6. The smallest absolute Gasteiger partial charge is 0.274 e. The first-order chi connectivity index (χ1) is 19.5. The fourth-order valence-corrected chi connectivity index (χ4v) is 5.41. The van der Waals surface area contributed by atoms with Gasteiger partial charge in [0.25, 0.3) is 5.91 Å². The molecular weight excluding hydrogens is 511 g/mol. The number of ether oxygens (including phenoxy) is 1. The lowest BCUT2D eigenvalue weighted by Gasteiger charge is -2.33. The number of aliphatic hydroxyl groups is 1. The zero-order valence-corrected chi connectivity index (χ0v) is 22.5. The molecule has 0 bridgehead atoms. The number of carbonyl (C=O) groups is 1. The van der Waals surface area contributed by atoms with Crippen LogP contribution in [-0.4, -0.2) is 77.2 Å². The number of nitrogens with zero attached hydrogens (tertiary/aromatic N) is 5. The standard InChI is InChI=1S/C30H35FN6O3/c31-27-17-21(4-5-22(27)19-32)29-18-28(30(39)36-12-1-3-23(33)20-36)34-37(29)25-8-6-24(7-9-25)35-13-10-26(11-14-35)40-16-2-15-38/h4-9,17-18,23,26,38H,1-3,10-16,20,33H2/t23-/m1/s1. The second-order valence-electron chi connectivity index (χ2n) is 10.4. The van der Waals surface area contributed by atoms with Crippen LogP contribution >= 0.6 is 0 Å². The third-order valence-corrected chi connectivity index (χ3v) is 7.62. The minimum Gasteiger partial charge on any atom is -0.396 e. The summed E-state index contributed by atoms with van der Waals surface area (Å²) in [7, 11) is 0. The molecule has 9 nitrogen and oxygen atoms in total. The van der Waals surface area contributed by atoms with Gasteiger partial charge in [0, 0.05) is 56.7 Å². The third-order valence-electron chi connectivity index (χ3n) is 7.62. The molecular formula is C30H35FN6O3. The number of benzene rings is 2. The maximum Gasteiger partial charge on any atom is 0.274 e. The first-order valence-corrected chi connectivity index (χ1v) is 13.9. The fraction of sp³-hybridized carbons (Fsp3) is 0.433. The van der Waals surface area contributed by atoms with E-state index in [0.29, 0.717) is 37.4 Å². The van der Waals surface area contributed by atoms with Crippen molar-refractivity contribution in [3.8, 4) is 23.0 Å². The molecule has 2 aliphatic rings. The molecule has 2 aliphatic heterocycles. The van der Waals surface area contributed by atoms with Crippen LogP contribution < -0.4 is 10.6 Å². The molecule has 3 N–H and O–H groups in total. The monoisotopic (exact) mass is 546 g/mol. The molecule has 0 unspecified atom stereocenters. The second-order valence-corrected chi connectivity index (χ2v) is 10.4. The van der Waals surface area contributed by atoms with E-state index in [0.717, 1.165) is 50.1 Å². The molecule has 3 aromatic rings. The number of hydrogen-bond donors (Lipinski definition) is 2. The molecule has 2 saturated heterocycles. The number of nitriles is 1. The van der Waals surface area contributed by atoms with Gasteiger partial charge < -0.3 is 25.4 Å². The molecule has 0 aliphatic carbocycles. The van der Waals surface area contributed by atoms with Gasteiger partial charge in [-0.25, -0.2) is 9.07 Å². The van der Waals surface area contributed by atoms with Gasteiger partial charge in [0.2, 0.25) is 0 Å². The van der Waals surface area contributed by atoms with E-state index in [1.54, 1.807) is 21.7 Å². The van der Waals surface area contributed by atoms with Crippen LogP contribution in [0.4, 0.5) is 10.1 Å². The Morgan fingerprint density at radius 2 is 1.85 bits per heavy atom. The Balaban J connectivity index is 1.40. The van der Waals surface area contributed by atoms with Crippen LogP contribution in [0, 0.1) is 17.1 Å². The van der Waals surface area contributed by atoms with Crippen molar-refractivity contribution >= 4 is 11.6 Å². The van der Waals surface area contributed by atoms with Crippen molar-refractivity contribution in [1.82, 2.24) is 14.7 Å². The van der Waals surface area contributed by atoms with Gasteiger partial charge in [-0.15, -0.1) is 0 Å². The Bertz CT molecular complexity index is 1360. The summed E-state index contributed by atoms with van der Waals surface area (Å²) in [5, 5.41) is 22.8. The van der Waals surface area contributed by atoms with E-state index in [9.17, 15) is 9.18 Å². The van der Waals surface area contributed by atoms with Crippen LogP contribution in [0.25, 0.3) is 16.9 Å². The number of aromatic nitrogens is 2. The van der Waals surface area contributed by atoms with Crippen LogP contribution in [-0.2, 0) is 4.74 Å². The number of amides is 1. The molecule has 3 heterocycles. The van der Waals surface area contributed by atoms with Gasteiger partial charge in [0.05, 0.1) is 23.0 Å². The number of nitrogens with two attached hydrogens (primary N) is 1. The molecule has 0 spiro atoms. The molecule has 1 aromatic heterocycles. The van der Waals surface area contributed by atoms with Crippen molar-refractivity contribution in [3.63, 3.8) is 0 Å². The molecule has 10 heteroatoms. The zero-order valence-electron chi connectivity index (χ0n) is 22.5. The van der Waals surface area contributed by atoms with Crippen LogP contribution in [0.2, 0.25) is 0 Å². The van der Waals surface area contributed by atoms with Crippen LogP contribution in [0.5, 0.6) is 0 Å². The summed E-state index contributed by atoms with van der Waals surface area (Å²) in [5.74, 6) is -0.827. The van der Waals surface area contributed by atoms with E-state index in [1.165, 1.54) is 12.1 Å². The summed E-state index contributed by atoms with van der Waals surface area (Å²) in [4.78, 5) is 17.4. The lowest BCUT2D eigenvalue weighted by Crippen LogP contribution is -2.45. The number of halogens is 1. The SMILES string of the molecule is N#Cc1ccc(-c2cc(C(=O)N3CCC[C@@H](N)C3)nn2-c2ccc(N3CCC(OCCCO)CC3)cc2)cc1F. The molecule has 2 aromatic carbocycles. The maximum atomic E-state index is 14.6. The van der Waals surface area contributed by atoms with Crippen molar-refractivity contribution in [2.75, 3.05) is 44.3 Å². The summed E-state index contributed by atoms with van der Waals surface area (Å²) in [6.45, 7) is 3.57. The third kappa shape index (κ3) is 6.17. The average molecular weight is 547 g/mol. The molecule has 1 amide bonds. The summed E-state index contributed by atoms with van der Waals surface area (Å²) < 4.78 is 22.1. The molecule has 5 rings (SSSR count). The largest absolute Gasteiger partial charge is 0.396 e. The molecule has 40 heavy (non-hydrogen) atoms. The van der Waals surface area contributed by atoms with E-state index in [1.807, 2.05) is 30.3 Å². The summed E-state index contributed by atoms with van der Waals surface area (Å²) in [6.07, 6.45) is 4.44. The van der Waals surface area contributed by atoms with Crippen molar-refractivity contribution in [1.29, 1.82) is 5.26 Å².